The molecule has 0 saturated carbocycles. The van der Waals surface area contributed by atoms with Crippen molar-refractivity contribution in [2.45, 2.75) is 38.4 Å². The fourth-order valence-electron chi connectivity index (χ4n) is 1.89. The molecule has 20 heavy (non-hydrogen) atoms. The van der Waals surface area contributed by atoms with Crippen LogP contribution in [0.25, 0.3) is 0 Å². The molecule has 1 aromatic carbocycles. The number of rotatable bonds is 7. The topological polar surface area (TPSA) is 49.3 Å². The van der Waals surface area contributed by atoms with E-state index in [9.17, 15) is 18.0 Å². The van der Waals surface area contributed by atoms with Crippen LogP contribution in [0.15, 0.2) is 24.3 Å². The number of hydrogen-bond donors (Lipinski definition) is 2. The van der Waals surface area contributed by atoms with Crippen molar-refractivity contribution in [1.82, 2.24) is 5.32 Å². The normalized spacial score (nSPS) is 13.2. The quantitative estimate of drug-likeness (QED) is 0.758. The maximum Gasteiger partial charge on any atom is 0.416 e. The number of benzene rings is 1. The Morgan fingerprint density at radius 1 is 1.40 bits per heavy atom. The molecule has 1 aromatic rings. The minimum Gasteiger partial charge on any atom is -0.481 e. The van der Waals surface area contributed by atoms with E-state index in [1.807, 2.05) is 6.92 Å². The molecule has 1 rings (SSSR count). The lowest BCUT2D eigenvalue weighted by molar-refractivity contribution is -0.138. The third kappa shape index (κ3) is 6.06. The van der Waals surface area contributed by atoms with E-state index in [0.29, 0.717) is 24.9 Å². The van der Waals surface area contributed by atoms with Crippen molar-refractivity contribution in [2.24, 2.45) is 0 Å². The summed E-state index contributed by atoms with van der Waals surface area (Å²) >= 11 is 0. The highest BCUT2D eigenvalue weighted by Crippen LogP contribution is 2.29. The first-order valence-electron chi connectivity index (χ1n) is 6.40. The van der Waals surface area contributed by atoms with Crippen molar-refractivity contribution in [2.75, 3.05) is 6.54 Å². The van der Waals surface area contributed by atoms with E-state index in [4.69, 9.17) is 5.11 Å². The number of carboxylic acids is 1. The van der Waals surface area contributed by atoms with E-state index in [-0.39, 0.29) is 12.5 Å². The fraction of sp³-hybridized carbons (Fsp3) is 0.500. The Bertz CT molecular complexity index is 446. The lowest BCUT2D eigenvalue weighted by Gasteiger charge is -2.15. The maximum absolute atomic E-state index is 12.6. The number of aliphatic carboxylic acids is 1. The summed E-state index contributed by atoms with van der Waals surface area (Å²) in [6.45, 7) is 2.40. The summed E-state index contributed by atoms with van der Waals surface area (Å²) < 4.78 is 37.7. The van der Waals surface area contributed by atoms with Crippen LogP contribution in [-0.4, -0.2) is 23.7 Å². The molecule has 0 saturated heterocycles. The third-order valence-corrected chi connectivity index (χ3v) is 2.86. The first-order valence-corrected chi connectivity index (χ1v) is 6.40. The van der Waals surface area contributed by atoms with Crippen LogP contribution in [0.2, 0.25) is 0 Å². The summed E-state index contributed by atoms with van der Waals surface area (Å²) in [5.41, 5.74) is -0.0360. The van der Waals surface area contributed by atoms with Gasteiger partial charge in [-0.3, -0.25) is 4.79 Å². The van der Waals surface area contributed by atoms with Crippen LogP contribution < -0.4 is 5.32 Å². The van der Waals surface area contributed by atoms with Gasteiger partial charge in [-0.1, -0.05) is 18.2 Å². The van der Waals surface area contributed by atoms with E-state index < -0.39 is 17.7 Å². The standard InChI is InChI=1S/C14H18F3NO2/c1-10(18-7-3-6-13(19)20)8-11-4-2-5-12(9-11)14(15,16)17/h2,4-5,9-10,18H,3,6-8H2,1H3,(H,19,20). The number of nitrogens with one attached hydrogen (secondary N) is 1. The van der Waals surface area contributed by atoms with Gasteiger partial charge in [-0.2, -0.15) is 13.2 Å². The molecule has 0 heterocycles. The Hall–Kier alpha value is -1.56. The average Bonchev–Trinajstić information content (AvgIpc) is 2.34. The highest BCUT2D eigenvalue weighted by molar-refractivity contribution is 5.66. The van der Waals surface area contributed by atoms with Crippen molar-refractivity contribution in [3.8, 4) is 0 Å². The van der Waals surface area contributed by atoms with E-state index >= 15 is 0 Å². The predicted molar refractivity (Wildman–Crippen MR) is 69.5 cm³/mol. The second kappa shape index (κ2) is 7.28. The van der Waals surface area contributed by atoms with Crippen LogP contribution >= 0.6 is 0 Å². The van der Waals surface area contributed by atoms with Crippen molar-refractivity contribution >= 4 is 5.97 Å². The molecular formula is C14H18F3NO2. The van der Waals surface area contributed by atoms with Gasteiger partial charge in [0.2, 0.25) is 0 Å². The second-order valence-electron chi connectivity index (χ2n) is 4.75. The van der Waals surface area contributed by atoms with E-state index in [0.717, 1.165) is 12.1 Å². The van der Waals surface area contributed by atoms with Crippen LogP contribution in [0.3, 0.4) is 0 Å². The SMILES string of the molecule is CC(Cc1cccc(C(F)(F)F)c1)NCCCC(=O)O. The molecule has 0 radical (unpaired) electrons. The minimum atomic E-state index is -4.33. The zero-order valence-corrected chi connectivity index (χ0v) is 11.2. The van der Waals surface area contributed by atoms with Crippen LogP contribution in [0.4, 0.5) is 13.2 Å². The number of halogens is 3. The summed E-state index contributed by atoms with van der Waals surface area (Å²) in [7, 11) is 0. The lowest BCUT2D eigenvalue weighted by Crippen LogP contribution is -2.29. The summed E-state index contributed by atoms with van der Waals surface area (Å²) in [5, 5.41) is 11.6. The molecule has 3 nitrogen and oxygen atoms in total. The molecule has 112 valence electrons. The Morgan fingerprint density at radius 2 is 2.10 bits per heavy atom. The molecule has 0 amide bonds. The number of hydrogen-bond acceptors (Lipinski definition) is 2. The Labute approximate surface area is 115 Å². The molecule has 1 atom stereocenters. The zero-order valence-electron chi connectivity index (χ0n) is 11.2. The van der Waals surface area contributed by atoms with Crippen LogP contribution in [-0.2, 0) is 17.4 Å². The monoisotopic (exact) mass is 289 g/mol. The van der Waals surface area contributed by atoms with Gasteiger partial charge in [-0.25, -0.2) is 0 Å². The molecule has 0 bridgehead atoms. The van der Waals surface area contributed by atoms with Gasteiger partial charge in [-0.05, 0) is 37.9 Å². The lowest BCUT2D eigenvalue weighted by atomic mass is 10.0. The smallest absolute Gasteiger partial charge is 0.416 e. The molecule has 0 aliphatic rings. The van der Waals surface area contributed by atoms with E-state index in [1.165, 1.54) is 6.07 Å². The molecule has 0 aliphatic heterocycles. The minimum absolute atomic E-state index is 0.00715. The Kier molecular flexibility index (Phi) is 6.01. The molecule has 2 N–H and O–H groups in total. The highest BCUT2D eigenvalue weighted by Gasteiger charge is 2.30. The maximum atomic E-state index is 12.6. The molecule has 0 aromatic heterocycles. The summed E-state index contributed by atoms with van der Waals surface area (Å²) in [4.78, 5) is 10.3. The van der Waals surface area contributed by atoms with Gasteiger partial charge < -0.3 is 10.4 Å². The molecular weight excluding hydrogens is 271 g/mol. The predicted octanol–water partition coefficient (Wildman–Crippen LogP) is 3.09. The van der Waals surface area contributed by atoms with Gasteiger partial charge in [-0.15, -0.1) is 0 Å². The molecule has 0 fully saturated rings. The van der Waals surface area contributed by atoms with Crippen LogP contribution in [0.5, 0.6) is 0 Å². The molecule has 6 heteroatoms. The fourth-order valence-corrected chi connectivity index (χ4v) is 1.89. The van der Waals surface area contributed by atoms with Gasteiger partial charge in [0.1, 0.15) is 0 Å². The van der Waals surface area contributed by atoms with E-state index in [1.54, 1.807) is 6.07 Å². The van der Waals surface area contributed by atoms with Gasteiger partial charge >= 0.3 is 12.1 Å². The Morgan fingerprint density at radius 3 is 2.70 bits per heavy atom. The van der Waals surface area contributed by atoms with Gasteiger partial charge in [0.15, 0.2) is 0 Å². The third-order valence-electron chi connectivity index (χ3n) is 2.86. The first kappa shape index (κ1) is 16.5. The van der Waals surface area contributed by atoms with Crippen LogP contribution in [0.1, 0.15) is 30.9 Å². The van der Waals surface area contributed by atoms with Crippen molar-refractivity contribution in [1.29, 1.82) is 0 Å². The van der Waals surface area contributed by atoms with Crippen LogP contribution in [0, 0.1) is 0 Å². The average molecular weight is 289 g/mol. The molecule has 0 aliphatic carbocycles. The largest absolute Gasteiger partial charge is 0.481 e. The molecule has 1 unspecified atom stereocenters. The summed E-state index contributed by atoms with van der Waals surface area (Å²) in [5.74, 6) is -0.850. The number of carboxylic acid groups (broad SMARTS) is 1. The summed E-state index contributed by atoms with van der Waals surface area (Å²) in [6.07, 6.45) is -3.27. The van der Waals surface area contributed by atoms with Gasteiger partial charge in [0.25, 0.3) is 0 Å². The van der Waals surface area contributed by atoms with Gasteiger partial charge in [0, 0.05) is 12.5 Å². The highest BCUT2D eigenvalue weighted by atomic mass is 19.4. The van der Waals surface area contributed by atoms with Crippen molar-refractivity contribution < 1.29 is 23.1 Å². The number of carbonyl (C=O) groups is 1. The van der Waals surface area contributed by atoms with E-state index in [2.05, 4.69) is 5.32 Å². The Balaban J connectivity index is 2.46. The second-order valence-corrected chi connectivity index (χ2v) is 4.75. The van der Waals surface area contributed by atoms with Crippen molar-refractivity contribution in [3.63, 3.8) is 0 Å². The summed E-state index contributed by atoms with van der Waals surface area (Å²) in [6, 6.07) is 5.25. The number of alkyl halides is 3. The molecule has 0 spiro atoms. The van der Waals surface area contributed by atoms with Gasteiger partial charge in [0.05, 0.1) is 5.56 Å². The van der Waals surface area contributed by atoms with Crippen molar-refractivity contribution in [3.05, 3.63) is 35.4 Å². The first-order chi connectivity index (χ1) is 9.29. The zero-order chi connectivity index (χ0) is 15.2.